The van der Waals surface area contributed by atoms with Gasteiger partial charge in [0, 0.05) is 5.92 Å². The van der Waals surface area contributed by atoms with E-state index in [0.29, 0.717) is 17.9 Å². The fourth-order valence-electron chi connectivity index (χ4n) is 1.51. The van der Waals surface area contributed by atoms with Gasteiger partial charge in [-0.05, 0) is 26.2 Å². The van der Waals surface area contributed by atoms with Crippen molar-refractivity contribution in [1.29, 1.82) is 0 Å². The molecule has 4 heteroatoms. The highest BCUT2D eigenvalue weighted by molar-refractivity contribution is 4.96. The lowest BCUT2D eigenvalue weighted by Crippen LogP contribution is -2.20. The first-order chi connectivity index (χ1) is 7.68. The van der Waals surface area contributed by atoms with Crippen LogP contribution >= 0.6 is 0 Å². The molecule has 0 aromatic heterocycles. The van der Waals surface area contributed by atoms with Crippen LogP contribution in [0.1, 0.15) is 40.0 Å². The van der Waals surface area contributed by atoms with Crippen LogP contribution in [-0.2, 0) is 4.74 Å². The average molecular weight is 250 g/mol. The lowest BCUT2D eigenvalue weighted by atomic mass is 9.93. The number of ether oxygens (including phenoxy) is 1. The van der Waals surface area contributed by atoms with Crippen LogP contribution in [0.3, 0.4) is 0 Å². The Morgan fingerprint density at radius 1 is 1.24 bits per heavy atom. The Morgan fingerprint density at radius 2 is 1.76 bits per heavy atom. The lowest BCUT2D eigenvalue weighted by molar-refractivity contribution is -0.171. The van der Waals surface area contributed by atoms with Crippen molar-refractivity contribution >= 4 is 0 Å². The van der Waals surface area contributed by atoms with E-state index in [1.165, 1.54) is 6.92 Å². The summed E-state index contributed by atoms with van der Waals surface area (Å²) < 4.78 is 42.3. The third kappa shape index (κ3) is 6.39. The Bertz CT molecular complexity index is 268. The predicted octanol–water partition coefficient (Wildman–Crippen LogP) is 5.06. The first-order valence-corrected chi connectivity index (χ1v) is 5.77. The van der Waals surface area contributed by atoms with Crippen molar-refractivity contribution in [2.24, 2.45) is 11.8 Å². The molecule has 0 aromatic carbocycles. The molecule has 100 valence electrons. The van der Waals surface area contributed by atoms with E-state index in [1.807, 2.05) is 6.92 Å². The maximum absolute atomic E-state index is 12.3. The third-order valence-electron chi connectivity index (χ3n) is 2.76. The van der Waals surface area contributed by atoms with Crippen molar-refractivity contribution in [3.05, 3.63) is 24.7 Å². The second-order valence-electron chi connectivity index (χ2n) is 4.40. The van der Waals surface area contributed by atoms with Crippen LogP contribution in [0.2, 0.25) is 0 Å². The number of hydrogen-bond donors (Lipinski definition) is 0. The van der Waals surface area contributed by atoms with Crippen LogP contribution in [0.4, 0.5) is 13.2 Å². The molecule has 0 radical (unpaired) electrons. The maximum atomic E-state index is 12.3. The minimum atomic E-state index is -4.12. The van der Waals surface area contributed by atoms with Crippen molar-refractivity contribution in [2.75, 3.05) is 0 Å². The summed E-state index contributed by atoms with van der Waals surface area (Å²) in [5.41, 5.74) is 0. The summed E-state index contributed by atoms with van der Waals surface area (Å²) in [6.07, 6.45) is -2.87. The van der Waals surface area contributed by atoms with Crippen molar-refractivity contribution < 1.29 is 17.9 Å². The minimum Gasteiger partial charge on any atom is -0.467 e. The first-order valence-electron chi connectivity index (χ1n) is 5.77. The smallest absolute Gasteiger partial charge is 0.391 e. The molecule has 0 aliphatic carbocycles. The number of allylic oxidation sites excluding steroid dienone is 2. The molecule has 0 aromatic rings. The first kappa shape index (κ1) is 16.1. The van der Waals surface area contributed by atoms with Crippen LogP contribution in [0.5, 0.6) is 0 Å². The summed E-state index contributed by atoms with van der Waals surface area (Å²) in [7, 11) is 0. The molecule has 2 atom stereocenters. The number of hydrogen-bond acceptors (Lipinski definition) is 1. The number of halogens is 3. The second-order valence-corrected chi connectivity index (χ2v) is 4.40. The van der Waals surface area contributed by atoms with Crippen LogP contribution in [0.25, 0.3) is 0 Å². The van der Waals surface area contributed by atoms with Crippen LogP contribution in [0, 0.1) is 11.8 Å². The van der Waals surface area contributed by atoms with E-state index in [0.717, 1.165) is 6.42 Å². The Balaban J connectivity index is 4.23. The van der Waals surface area contributed by atoms with Crippen LogP contribution < -0.4 is 0 Å². The zero-order valence-corrected chi connectivity index (χ0v) is 10.7. The van der Waals surface area contributed by atoms with Crippen molar-refractivity contribution in [2.45, 2.75) is 46.2 Å². The topological polar surface area (TPSA) is 9.23 Å². The Kier molecular flexibility index (Phi) is 6.35. The fraction of sp³-hybridized carbons (Fsp3) is 0.692. The summed E-state index contributed by atoms with van der Waals surface area (Å²) in [5, 5.41) is 0. The van der Waals surface area contributed by atoms with Gasteiger partial charge in [-0.25, -0.2) is 0 Å². The highest BCUT2D eigenvalue weighted by Gasteiger charge is 2.35. The van der Waals surface area contributed by atoms with Gasteiger partial charge in [-0.2, -0.15) is 13.2 Å². The van der Waals surface area contributed by atoms with E-state index in [1.54, 1.807) is 6.92 Å². The predicted molar refractivity (Wildman–Crippen MR) is 63.3 cm³/mol. The SMILES string of the molecule is C=C(C)OC(=C)C(CC)CCC(C)C(F)(F)F. The van der Waals surface area contributed by atoms with E-state index in [4.69, 9.17) is 4.74 Å². The summed E-state index contributed by atoms with van der Waals surface area (Å²) in [6, 6.07) is 0. The van der Waals surface area contributed by atoms with Gasteiger partial charge in [0.1, 0.15) is 0 Å². The van der Waals surface area contributed by atoms with E-state index >= 15 is 0 Å². The second kappa shape index (κ2) is 6.72. The molecular weight excluding hydrogens is 229 g/mol. The molecule has 0 saturated carbocycles. The van der Waals surface area contributed by atoms with Gasteiger partial charge >= 0.3 is 6.18 Å². The van der Waals surface area contributed by atoms with Gasteiger partial charge < -0.3 is 4.74 Å². The van der Waals surface area contributed by atoms with Gasteiger partial charge in [0.05, 0.1) is 17.4 Å². The monoisotopic (exact) mass is 250 g/mol. The molecule has 1 nitrogen and oxygen atoms in total. The molecule has 0 N–H and O–H groups in total. The average Bonchev–Trinajstić information content (AvgIpc) is 2.15. The van der Waals surface area contributed by atoms with E-state index in [9.17, 15) is 13.2 Å². The van der Waals surface area contributed by atoms with Crippen molar-refractivity contribution in [1.82, 2.24) is 0 Å². The van der Waals surface area contributed by atoms with Gasteiger partial charge in [-0.15, -0.1) is 0 Å². The molecule has 0 spiro atoms. The van der Waals surface area contributed by atoms with Gasteiger partial charge in [0.2, 0.25) is 0 Å². The van der Waals surface area contributed by atoms with Gasteiger partial charge in [0.25, 0.3) is 0 Å². The van der Waals surface area contributed by atoms with Crippen LogP contribution in [-0.4, -0.2) is 6.18 Å². The highest BCUT2D eigenvalue weighted by Crippen LogP contribution is 2.32. The van der Waals surface area contributed by atoms with E-state index in [-0.39, 0.29) is 12.3 Å². The molecule has 0 aliphatic rings. The normalized spacial score (nSPS) is 15.2. The maximum Gasteiger partial charge on any atom is 0.391 e. The standard InChI is InChI=1S/C13H21F3O/c1-6-12(11(5)17-9(2)3)8-7-10(4)13(14,15)16/h10,12H,2,5-8H2,1,3-4H3. The van der Waals surface area contributed by atoms with Crippen LogP contribution in [0.15, 0.2) is 24.7 Å². The molecule has 0 amide bonds. The molecule has 0 aliphatic heterocycles. The van der Waals surface area contributed by atoms with Gasteiger partial charge in [0.15, 0.2) is 0 Å². The molecule has 0 fully saturated rings. The number of alkyl halides is 3. The molecule has 0 heterocycles. The zero-order chi connectivity index (χ0) is 13.6. The summed E-state index contributed by atoms with van der Waals surface area (Å²) in [5.74, 6) is -0.308. The third-order valence-corrected chi connectivity index (χ3v) is 2.76. The van der Waals surface area contributed by atoms with E-state index < -0.39 is 12.1 Å². The lowest BCUT2D eigenvalue weighted by Gasteiger charge is -2.21. The molecule has 0 saturated heterocycles. The summed E-state index contributed by atoms with van der Waals surface area (Å²) in [6.45, 7) is 12.1. The quantitative estimate of drug-likeness (QED) is 0.574. The minimum absolute atomic E-state index is 0.0449. The molecule has 0 rings (SSSR count). The Labute approximate surface area is 101 Å². The summed E-state index contributed by atoms with van der Waals surface area (Å²) >= 11 is 0. The van der Waals surface area contributed by atoms with Gasteiger partial charge in [-0.1, -0.05) is 27.0 Å². The molecule has 0 bridgehead atoms. The number of rotatable bonds is 7. The fourth-order valence-corrected chi connectivity index (χ4v) is 1.51. The largest absolute Gasteiger partial charge is 0.467 e. The Morgan fingerprint density at radius 3 is 2.12 bits per heavy atom. The summed E-state index contributed by atoms with van der Waals surface area (Å²) in [4.78, 5) is 0. The molecular formula is C13H21F3O. The molecule has 2 unspecified atom stereocenters. The van der Waals surface area contributed by atoms with E-state index in [2.05, 4.69) is 13.2 Å². The van der Waals surface area contributed by atoms with Crippen molar-refractivity contribution in [3.63, 3.8) is 0 Å². The zero-order valence-electron chi connectivity index (χ0n) is 10.7. The highest BCUT2D eigenvalue weighted by atomic mass is 19.4. The Hall–Kier alpha value is -0.930. The van der Waals surface area contributed by atoms with Gasteiger partial charge in [-0.3, -0.25) is 0 Å². The van der Waals surface area contributed by atoms with Crippen molar-refractivity contribution in [3.8, 4) is 0 Å². The molecule has 17 heavy (non-hydrogen) atoms.